The maximum atomic E-state index is 11.2. The van der Waals surface area contributed by atoms with Gasteiger partial charge in [-0.15, -0.1) is 0 Å². The maximum absolute atomic E-state index is 11.2. The fourth-order valence-electron chi connectivity index (χ4n) is 2.08. The minimum atomic E-state index is -0.736. The summed E-state index contributed by atoms with van der Waals surface area (Å²) in [6.07, 6.45) is 1.04. The Kier molecular flexibility index (Phi) is 3.17. The molecule has 4 nitrogen and oxygen atoms in total. The SMILES string of the molecule is COC(OC)c1ccc(C2(C(=O)O)CC2)cc1. The van der Waals surface area contributed by atoms with Gasteiger partial charge >= 0.3 is 5.97 Å². The quantitative estimate of drug-likeness (QED) is 0.795. The average molecular weight is 236 g/mol. The van der Waals surface area contributed by atoms with Crippen LogP contribution in [0.1, 0.15) is 30.3 Å². The number of rotatable bonds is 5. The summed E-state index contributed by atoms with van der Waals surface area (Å²) < 4.78 is 10.3. The van der Waals surface area contributed by atoms with Gasteiger partial charge in [0.1, 0.15) is 0 Å². The van der Waals surface area contributed by atoms with Crippen molar-refractivity contribution < 1.29 is 19.4 Å². The van der Waals surface area contributed by atoms with Crippen LogP contribution in [0.5, 0.6) is 0 Å². The van der Waals surface area contributed by atoms with Crippen LogP contribution in [0.15, 0.2) is 24.3 Å². The van der Waals surface area contributed by atoms with Crippen LogP contribution in [-0.2, 0) is 19.7 Å². The molecule has 4 heteroatoms. The molecule has 1 N–H and O–H groups in total. The van der Waals surface area contributed by atoms with E-state index in [-0.39, 0.29) is 0 Å². The van der Waals surface area contributed by atoms with Crippen LogP contribution < -0.4 is 0 Å². The summed E-state index contributed by atoms with van der Waals surface area (Å²) in [6.45, 7) is 0. The molecule has 0 amide bonds. The standard InChI is InChI=1S/C13H16O4/c1-16-11(17-2)9-3-5-10(6-4-9)13(7-8-13)12(14)15/h3-6,11H,7-8H2,1-2H3,(H,14,15). The van der Waals surface area contributed by atoms with E-state index in [9.17, 15) is 9.90 Å². The molecule has 1 aliphatic rings. The molecule has 0 atom stereocenters. The van der Waals surface area contributed by atoms with Gasteiger partial charge in [-0.1, -0.05) is 24.3 Å². The normalized spacial score (nSPS) is 17.1. The average Bonchev–Trinajstić information content (AvgIpc) is 3.13. The van der Waals surface area contributed by atoms with Crippen molar-refractivity contribution >= 4 is 5.97 Å². The van der Waals surface area contributed by atoms with Gasteiger partial charge in [-0.25, -0.2) is 0 Å². The third-order valence-electron chi connectivity index (χ3n) is 3.32. The topological polar surface area (TPSA) is 55.8 Å². The van der Waals surface area contributed by atoms with E-state index in [1.54, 1.807) is 14.2 Å². The lowest BCUT2D eigenvalue weighted by atomic mass is 9.95. The Morgan fingerprint density at radius 3 is 2.12 bits per heavy atom. The van der Waals surface area contributed by atoms with E-state index in [1.807, 2.05) is 24.3 Å². The lowest BCUT2D eigenvalue weighted by molar-refractivity contribution is -0.140. The van der Waals surface area contributed by atoms with Crippen LogP contribution in [0.3, 0.4) is 0 Å². The zero-order valence-electron chi connectivity index (χ0n) is 9.97. The highest BCUT2D eigenvalue weighted by Crippen LogP contribution is 2.48. The summed E-state index contributed by atoms with van der Waals surface area (Å²) in [5.41, 5.74) is 1.10. The highest BCUT2D eigenvalue weighted by Gasteiger charge is 2.51. The van der Waals surface area contributed by atoms with Crippen molar-refractivity contribution in [3.63, 3.8) is 0 Å². The zero-order valence-corrected chi connectivity index (χ0v) is 9.97. The summed E-state index contributed by atoms with van der Waals surface area (Å²) in [5, 5.41) is 9.18. The Hall–Kier alpha value is -1.39. The monoisotopic (exact) mass is 236 g/mol. The van der Waals surface area contributed by atoms with Crippen molar-refractivity contribution in [1.82, 2.24) is 0 Å². The number of carboxylic acid groups (broad SMARTS) is 1. The number of carbonyl (C=O) groups is 1. The number of methoxy groups -OCH3 is 2. The third-order valence-corrected chi connectivity index (χ3v) is 3.32. The predicted molar refractivity (Wildman–Crippen MR) is 61.7 cm³/mol. The predicted octanol–water partition coefficient (Wildman–Crippen LogP) is 2.09. The van der Waals surface area contributed by atoms with Gasteiger partial charge in [0.2, 0.25) is 0 Å². The molecular formula is C13H16O4. The summed E-state index contributed by atoms with van der Waals surface area (Å²) in [7, 11) is 3.14. The zero-order chi connectivity index (χ0) is 12.5. The second kappa shape index (κ2) is 4.47. The molecule has 1 aliphatic carbocycles. The number of hydrogen-bond acceptors (Lipinski definition) is 3. The van der Waals surface area contributed by atoms with Crippen LogP contribution in [0, 0.1) is 0 Å². The van der Waals surface area contributed by atoms with E-state index >= 15 is 0 Å². The summed E-state index contributed by atoms with van der Waals surface area (Å²) in [5.74, 6) is -0.736. The van der Waals surface area contributed by atoms with E-state index in [0.29, 0.717) is 0 Å². The molecule has 1 aromatic carbocycles. The second-order valence-electron chi connectivity index (χ2n) is 4.31. The number of hydrogen-bond donors (Lipinski definition) is 1. The molecule has 0 saturated heterocycles. The molecule has 0 radical (unpaired) electrons. The van der Waals surface area contributed by atoms with Gasteiger partial charge in [0.25, 0.3) is 0 Å². The van der Waals surface area contributed by atoms with Crippen LogP contribution in [0.4, 0.5) is 0 Å². The Morgan fingerprint density at radius 1 is 1.24 bits per heavy atom. The van der Waals surface area contributed by atoms with Gasteiger partial charge in [0.15, 0.2) is 6.29 Å². The molecular weight excluding hydrogens is 220 g/mol. The van der Waals surface area contributed by atoms with Crippen LogP contribution in [-0.4, -0.2) is 25.3 Å². The molecule has 0 bridgehead atoms. The number of ether oxygens (including phenoxy) is 2. The second-order valence-corrected chi connectivity index (χ2v) is 4.31. The van der Waals surface area contributed by atoms with Gasteiger partial charge in [-0.3, -0.25) is 4.79 Å². The molecule has 0 aromatic heterocycles. The molecule has 2 rings (SSSR count). The Balaban J connectivity index is 2.22. The fraction of sp³-hybridized carbons (Fsp3) is 0.462. The highest BCUT2D eigenvalue weighted by molar-refractivity contribution is 5.84. The van der Waals surface area contributed by atoms with Crippen molar-refractivity contribution in [2.24, 2.45) is 0 Å². The van der Waals surface area contributed by atoms with E-state index in [1.165, 1.54) is 0 Å². The summed E-state index contributed by atoms with van der Waals surface area (Å²) >= 11 is 0. The highest BCUT2D eigenvalue weighted by atomic mass is 16.7. The number of aliphatic carboxylic acids is 1. The van der Waals surface area contributed by atoms with Crippen molar-refractivity contribution in [3.05, 3.63) is 35.4 Å². The van der Waals surface area contributed by atoms with Gasteiger partial charge < -0.3 is 14.6 Å². The first-order valence-electron chi connectivity index (χ1n) is 5.53. The molecule has 1 saturated carbocycles. The molecule has 0 unspecified atom stereocenters. The van der Waals surface area contributed by atoms with E-state index in [2.05, 4.69) is 0 Å². The van der Waals surface area contributed by atoms with Crippen LogP contribution >= 0.6 is 0 Å². The molecule has 92 valence electrons. The number of carboxylic acids is 1. The first-order valence-corrected chi connectivity index (χ1v) is 5.53. The summed E-state index contributed by atoms with van der Waals surface area (Å²) in [4.78, 5) is 11.2. The molecule has 17 heavy (non-hydrogen) atoms. The number of benzene rings is 1. The minimum Gasteiger partial charge on any atom is -0.481 e. The van der Waals surface area contributed by atoms with Gasteiger partial charge in [0, 0.05) is 19.8 Å². The van der Waals surface area contributed by atoms with E-state index in [0.717, 1.165) is 24.0 Å². The van der Waals surface area contributed by atoms with Gasteiger partial charge in [-0.05, 0) is 18.4 Å². The summed E-state index contributed by atoms with van der Waals surface area (Å²) in [6, 6.07) is 7.41. The van der Waals surface area contributed by atoms with Gasteiger partial charge in [-0.2, -0.15) is 0 Å². The fourth-order valence-corrected chi connectivity index (χ4v) is 2.08. The first kappa shape index (κ1) is 12.1. The molecule has 0 aliphatic heterocycles. The smallest absolute Gasteiger partial charge is 0.314 e. The van der Waals surface area contributed by atoms with E-state index < -0.39 is 17.7 Å². The first-order chi connectivity index (χ1) is 8.14. The molecule has 1 aromatic rings. The van der Waals surface area contributed by atoms with Crippen molar-refractivity contribution in [1.29, 1.82) is 0 Å². The third kappa shape index (κ3) is 2.06. The lowest BCUT2D eigenvalue weighted by Gasteiger charge is -2.15. The molecule has 0 heterocycles. The Bertz CT molecular complexity index is 402. The Labute approximate surface area is 100 Å². The maximum Gasteiger partial charge on any atom is 0.314 e. The van der Waals surface area contributed by atoms with Crippen LogP contribution in [0.25, 0.3) is 0 Å². The lowest BCUT2D eigenvalue weighted by Crippen LogP contribution is -2.19. The van der Waals surface area contributed by atoms with E-state index in [4.69, 9.17) is 9.47 Å². The molecule has 1 fully saturated rings. The van der Waals surface area contributed by atoms with Gasteiger partial charge in [0.05, 0.1) is 5.41 Å². The Morgan fingerprint density at radius 2 is 1.76 bits per heavy atom. The van der Waals surface area contributed by atoms with Crippen LogP contribution in [0.2, 0.25) is 0 Å². The largest absolute Gasteiger partial charge is 0.481 e. The minimum absolute atomic E-state index is 0.399. The van der Waals surface area contributed by atoms with Crippen molar-refractivity contribution in [3.8, 4) is 0 Å². The van der Waals surface area contributed by atoms with Crippen molar-refractivity contribution in [2.75, 3.05) is 14.2 Å². The van der Waals surface area contributed by atoms with Crippen molar-refractivity contribution in [2.45, 2.75) is 24.5 Å². The molecule has 0 spiro atoms.